The standard InChI is InChI=1S/C21H24N4O3/c26-18(8-1-13-9-19(27)28-12-13)25-10-17(11-25)14-2-4-15(5-3-14)20-22-21(24-23-20)16-6-7-16/h2-5,13,16-17H,1,6-12H2,(H,22,23,24)/t13-/m0/s1. The highest BCUT2D eigenvalue weighted by Gasteiger charge is 2.32. The fraction of sp³-hybridized carbons (Fsp3) is 0.524. The molecule has 1 aromatic heterocycles. The summed E-state index contributed by atoms with van der Waals surface area (Å²) in [7, 11) is 0. The van der Waals surface area contributed by atoms with Gasteiger partial charge in [0.1, 0.15) is 5.82 Å². The second-order valence-corrected chi connectivity index (χ2v) is 8.23. The lowest BCUT2D eigenvalue weighted by atomic mass is 9.90. The molecule has 7 nitrogen and oxygen atoms in total. The van der Waals surface area contributed by atoms with Crippen LogP contribution in [0.25, 0.3) is 11.4 Å². The minimum atomic E-state index is -0.140. The molecule has 7 heteroatoms. The van der Waals surface area contributed by atoms with E-state index in [-0.39, 0.29) is 17.8 Å². The number of H-pyrrole nitrogens is 1. The molecule has 0 spiro atoms. The fourth-order valence-electron chi connectivity index (χ4n) is 3.98. The number of carbonyl (C=O) groups excluding carboxylic acids is 2. The quantitative estimate of drug-likeness (QED) is 0.779. The maximum absolute atomic E-state index is 12.3. The Balaban J connectivity index is 1.12. The Morgan fingerprint density at radius 1 is 1.18 bits per heavy atom. The number of aromatic nitrogens is 3. The highest BCUT2D eigenvalue weighted by molar-refractivity contribution is 5.77. The van der Waals surface area contributed by atoms with Gasteiger partial charge in [-0.15, -0.1) is 0 Å². The average Bonchev–Trinajstić information content (AvgIpc) is 3.24. The van der Waals surface area contributed by atoms with Crippen LogP contribution in [-0.2, 0) is 14.3 Å². The number of hydrogen-bond donors (Lipinski definition) is 1. The molecule has 28 heavy (non-hydrogen) atoms. The van der Waals surface area contributed by atoms with Gasteiger partial charge in [0.15, 0.2) is 5.82 Å². The number of esters is 1. The largest absolute Gasteiger partial charge is 0.465 e. The molecule has 1 amide bonds. The monoisotopic (exact) mass is 380 g/mol. The lowest BCUT2D eigenvalue weighted by molar-refractivity contribution is -0.138. The van der Waals surface area contributed by atoms with E-state index < -0.39 is 0 Å². The van der Waals surface area contributed by atoms with Gasteiger partial charge in [-0.1, -0.05) is 24.3 Å². The van der Waals surface area contributed by atoms with Crippen molar-refractivity contribution in [3.8, 4) is 11.4 Å². The fourth-order valence-corrected chi connectivity index (χ4v) is 3.98. The molecule has 0 bridgehead atoms. The van der Waals surface area contributed by atoms with E-state index >= 15 is 0 Å². The van der Waals surface area contributed by atoms with E-state index in [9.17, 15) is 9.59 Å². The molecule has 1 aliphatic carbocycles. The van der Waals surface area contributed by atoms with Crippen LogP contribution in [0.5, 0.6) is 0 Å². The van der Waals surface area contributed by atoms with Gasteiger partial charge in [-0.3, -0.25) is 14.7 Å². The van der Waals surface area contributed by atoms with Gasteiger partial charge in [0.25, 0.3) is 0 Å². The highest BCUT2D eigenvalue weighted by Crippen LogP contribution is 2.38. The third-order valence-corrected chi connectivity index (χ3v) is 6.04. The molecule has 1 N–H and O–H groups in total. The molecule has 1 aromatic carbocycles. The summed E-state index contributed by atoms with van der Waals surface area (Å²) in [5.74, 6) is 2.97. The summed E-state index contributed by atoms with van der Waals surface area (Å²) < 4.78 is 4.96. The van der Waals surface area contributed by atoms with Crippen LogP contribution in [0, 0.1) is 5.92 Å². The maximum Gasteiger partial charge on any atom is 0.306 e. The van der Waals surface area contributed by atoms with Gasteiger partial charge in [-0.2, -0.15) is 5.10 Å². The van der Waals surface area contributed by atoms with Crippen molar-refractivity contribution in [1.82, 2.24) is 20.1 Å². The number of hydrogen-bond acceptors (Lipinski definition) is 5. The summed E-state index contributed by atoms with van der Waals surface area (Å²) in [6.45, 7) is 2.00. The average molecular weight is 380 g/mol. The Labute approximate surface area is 163 Å². The molecule has 1 atom stereocenters. The van der Waals surface area contributed by atoms with Gasteiger partial charge < -0.3 is 9.64 Å². The van der Waals surface area contributed by atoms with Crippen LogP contribution >= 0.6 is 0 Å². The first-order valence-corrected chi connectivity index (χ1v) is 10.1. The first-order chi connectivity index (χ1) is 13.7. The highest BCUT2D eigenvalue weighted by atomic mass is 16.5. The summed E-state index contributed by atoms with van der Waals surface area (Å²) in [6, 6.07) is 8.38. The van der Waals surface area contributed by atoms with Crippen molar-refractivity contribution in [2.24, 2.45) is 5.92 Å². The number of amides is 1. The van der Waals surface area contributed by atoms with Crippen molar-refractivity contribution < 1.29 is 14.3 Å². The minimum absolute atomic E-state index is 0.140. The number of ether oxygens (including phenoxy) is 1. The maximum atomic E-state index is 12.3. The number of cyclic esters (lactones) is 1. The summed E-state index contributed by atoms with van der Waals surface area (Å²) >= 11 is 0. The van der Waals surface area contributed by atoms with Crippen LogP contribution in [0.1, 0.15) is 55.3 Å². The van der Waals surface area contributed by atoms with E-state index in [1.165, 1.54) is 18.4 Å². The molecular formula is C21H24N4O3. The number of benzene rings is 1. The van der Waals surface area contributed by atoms with Crippen LogP contribution < -0.4 is 0 Å². The van der Waals surface area contributed by atoms with Gasteiger partial charge in [0, 0.05) is 42.8 Å². The number of nitrogens with zero attached hydrogens (tertiary/aromatic N) is 3. The van der Waals surface area contributed by atoms with Crippen LogP contribution in [0.4, 0.5) is 0 Å². The topological polar surface area (TPSA) is 88.2 Å². The predicted molar refractivity (Wildman–Crippen MR) is 101 cm³/mol. The Hall–Kier alpha value is -2.70. The van der Waals surface area contributed by atoms with Crippen LogP contribution in [-0.4, -0.2) is 51.7 Å². The molecule has 3 heterocycles. The number of rotatable bonds is 6. The second kappa shape index (κ2) is 7.04. The third-order valence-electron chi connectivity index (χ3n) is 6.04. The van der Waals surface area contributed by atoms with Crippen molar-refractivity contribution in [2.75, 3.05) is 19.7 Å². The summed E-state index contributed by atoms with van der Waals surface area (Å²) in [5.41, 5.74) is 2.27. The summed E-state index contributed by atoms with van der Waals surface area (Å²) in [4.78, 5) is 29.9. The first kappa shape index (κ1) is 17.4. The molecule has 0 unspecified atom stereocenters. The Morgan fingerprint density at radius 3 is 2.64 bits per heavy atom. The predicted octanol–water partition coefficient (Wildman–Crippen LogP) is 2.62. The Morgan fingerprint density at radius 2 is 1.96 bits per heavy atom. The van der Waals surface area contributed by atoms with Gasteiger partial charge in [0.2, 0.25) is 5.91 Å². The minimum Gasteiger partial charge on any atom is -0.465 e. The van der Waals surface area contributed by atoms with Gasteiger partial charge >= 0.3 is 5.97 Å². The molecule has 3 fully saturated rings. The summed E-state index contributed by atoms with van der Waals surface area (Å²) in [6.07, 6.45) is 4.10. The molecule has 5 rings (SSSR count). The van der Waals surface area contributed by atoms with Gasteiger partial charge in [0.05, 0.1) is 13.0 Å². The number of carbonyl (C=O) groups is 2. The van der Waals surface area contributed by atoms with Crippen LogP contribution in [0.3, 0.4) is 0 Å². The zero-order valence-corrected chi connectivity index (χ0v) is 15.8. The van der Waals surface area contributed by atoms with Crippen LogP contribution in [0.15, 0.2) is 24.3 Å². The smallest absolute Gasteiger partial charge is 0.306 e. The first-order valence-electron chi connectivity index (χ1n) is 10.1. The second-order valence-electron chi connectivity index (χ2n) is 8.23. The van der Waals surface area contributed by atoms with E-state index in [0.717, 1.165) is 36.7 Å². The van der Waals surface area contributed by atoms with Crippen molar-refractivity contribution in [2.45, 2.75) is 43.9 Å². The molecule has 146 valence electrons. The molecule has 2 aliphatic heterocycles. The van der Waals surface area contributed by atoms with Gasteiger partial charge in [-0.25, -0.2) is 4.98 Å². The molecule has 2 aromatic rings. The normalized spacial score (nSPS) is 22.2. The van der Waals surface area contributed by atoms with Crippen molar-refractivity contribution in [3.05, 3.63) is 35.7 Å². The molecule has 3 aliphatic rings. The Bertz CT molecular complexity index is 881. The van der Waals surface area contributed by atoms with E-state index in [2.05, 4.69) is 39.4 Å². The van der Waals surface area contributed by atoms with E-state index in [0.29, 0.717) is 31.3 Å². The van der Waals surface area contributed by atoms with Crippen LogP contribution in [0.2, 0.25) is 0 Å². The number of likely N-dealkylation sites (tertiary alicyclic amines) is 1. The molecule has 0 radical (unpaired) electrons. The van der Waals surface area contributed by atoms with Gasteiger partial charge in [-0.05, 0) is 24.8 Å². The zero-order chi connectivity index (χ0) is 19.1. The van der Waals surface area contributed by atoms with E-state index in [4.69, 9.17) is 4.74 Å². The zero-order valence-electron chi connectivity index (χ0n) is 15.8. The lowest BCUT2D eigenvalue weighted by Crippen LogP contribution is -2.48. The van der Waals surface area contributed by atoms with Crippen molar-refractivity contribution >= 4 is 11.9 Å². The Kier molecular flexibility index (Phi) is 4.37. The lowest BCUT2D eigenvalue weighted by Gasteiger charge is -2.40. The SMILES string of the molecule is O=C1C[C@H](CCC(=O)N2CC(c3ccc(-c4n[nH]c(C5CC5)n4)cc3)C2)CO1. The number of nitrogens with one attached hydrogen (secondary N) is 1. The van der Waals surface area contributed by atoms with Crippen molar-refractivity contribution in [1.29, 1.82) is 0 Å². The van der Waals surface area contributed by atoms with Crippen molar-refractivity contribution in [3.63, 3.8) is 0 Å². The number of aromatic amines is 1. The molecule has 1 saturated carbocycles. The van der Waals surface area contributed by atoms with E-state index in [1.54, 1.807) is 0 Å². The van der Waals surface area contributed by atoms with E-state index in [1.807, 2.05) is 4.90 Å². The molecular weight excluding hydrogens is 356 g/mol. The third kappa shape index (κ3) is 3.53. The summed E-state index contributed by atoms with van der Waals surface area (Å²) in [5, 5.41) is 7.38. The molecule has 2 saturated heterocycles.